The fraction of sp³-hybridized carbons (Fsp3) is 0.440. The molecular weight excluding hydrogens is 418 g/mol. The molecule has 1 amide bonds. The van der Waals surface area contributed by atoms with Crippen LogP contribution in [0.5, 0.6) is 0 Å². The molecule has 0 saturated heterocycles. The molecule has 33 heavy (non-hydrogen) atoms. The summed E-state index contributed by atoms with van der Waals surface area (Å²) >= 11 is 0. The van der Waals surface area contributed by atoms with Crippen molar-refractivity contribution in [3.63, 3.8) is 0 Å². The Bertz CT molecular complexity index is 1190. The van der Waals surface area contributed by atoms with Crippen LogP contribution in [0.1, 0.15) is 79.9 Å². The van der Waals surface area contributed by atoms with Crippen molar-refractivity contribution in [2.24, 2.45) is 11.1 Å². The van der Waals surface area contributed by atoms with Crippen LogP contribution in [0.2, 0.25) is 0 Å². The minimum absolute atomic E-state index is 0.0132. The number of carbonyl (C=O) groups is 2. The van der Waals surface area contributed by atoms with Crippen molar-refractivity contribution >= 4 is 17.5 Å². The van der Waals surface area contributed by atoms with Crippen LogP contribution in [0.25, 0.3) is 11.3 Å². The van der Waals surface area contributed by atoms with Gasteiger partial charge >= 0.3 is 0 Å². The second kappa shape index (κ2) is 8.50. The van der Waals surface area contributed by atoms with Crippen molar-refractivity contribution in [1.29, 1.82) is 0 Å². The fourth-order valence-electron chi connectivity index (χ4n) is 4.54. The van der Waals surface area contributed by atoms with E-state index in [1.54, 1.807) is 4.68 Å². The predicted molar refractivity (Wildman–Crippen MR) is 126 cm³/mol. The zero-order chi connectivity index (χ0) is 23.9. The third kappa shape index (κ3) is 4.42. The summed E-state index contributed by atoms with van der Waals surface area (Å²) in [5.74, 6) is 0.685. The largest absolute Gasteiger partial charge is 0.383 e. The molecule has 1 saturated carbocycles. The number of nitrogen functional groups attached to an aromatic ring is 1. The highest BCUT2D eigenvalue weighted by molar-refractivity contribution is 6.03. The van der Waals surface area contributed by atoms with Gasteiger partial charge in [-0.05, 0) is 37.7 Å². The van der Waals surface area contributed by atoms with E-state index in [9.17, 15) is 9.59 Å². The minimum atomic E-state index is -0.620. The lowest BCUT2D eigenvalue weighted by Crippen LogP contribution is -2.32. The number of hydrogen-bond donors (Lipinski definition) is 2. The zero-order valence-corrected chi connectivity index (χ0v) is 19.6. The summed E-state index contributed by atoms with van der Waals surface area (Å²) in [6.07, 6.45) is 2.78. The number of Topliss-reactive ketones (excluding diaryl/α,β-unsaturated/α-hetero) is 1. The average molecular weight is 450 g/mol. The maximum Gasteiger partial charge on any atom is 0.254 e. The number of amides is 1. The van der Waals surface area contributed by atoms with Crippen LogP contribution < -0.4 is 11.5 Å². The topological polar surface area (TPSA) is 130 Å². The molecule has 1 fully saturated rings. The van der Waals surface area contributed by atoms with E-state index in [1.807, 2.05) is 44.2 Å². The molecule has 2 heterocycles. The molecule has 1 aliphatic rings. The van der Waals surface area contributed by atoms with E-state index in [-0.39, 0.29) is 41.5 Å². The van der Waals surface area contributed by atoms with Gasteiger partial charge in [0.2, 0.25) is 0 Å². The Balaban J connectivity index is 1.44. The summed E-state index contributed by atoms with van der Waals surface area (Å²) in [6, 6.07) is 9.27. The number of benzene rings is 1. The molecule has 1 atom stereocenters. The van der Waals surface area contributed by atoms with Gasteiger partial charge in [0.15, 0.2) is 0 Å². The van der Waals surface area contributed by atoms with Gasteiger partial charge in [-0.3, -0.25) is 9.59 Å². The molecule has 3 aromatic rings. The van der Waals surface area contributed by atoms with Gasteiger partial charge in [0.1, 0.15) is 28.6 Å². The van der Waals surface area contributed by atoms with Gasteiger partial charge in [0.05, 0.1) is 12.1 Å². The molecule has 1 aliphatic carbocycles. The molecule has 4 rings (SSSR count). The molecule has 0 radical (unpaired) electrons. The van der Waals surface area contributed by atoms with E-state index in [1.165, 1.54) is 6.42 Å². The summed E-state index contributed by atoms with van der Waals surface area (Å²) in [7, 11) is 0. The maximum absolute atomic E-state index is 12.6. The van der Waals surface area contributed by atoms with E-state index in [2.05, 4.69) is 24.1 Å². The zero-order valence-electron chi connectivity index (χ0n) is 19.6. The number of primary amides is 1. The Labute approximate surface area is 193 Å². The summed E-state index contributed by atoms with van der Waals surface area (Å²) in [5.41, 5.74) is 15.1. The highest BCUT2D eigenvalue weighted by Gasteiger charge is 2.41. The average Bonchev–Trinajstić information content (AvgIpc) is 3.31. The molecular formula is C25H31N5O3. The highest BCUT2D eigenvalue weighted by atomic mass is 16.5. The molecule has 0 spiro atoms. The lowest BCUT2D eigenvalue weighted by Gasteiger charge is -2.43. The van der Waals surface area contributed by atoms with E-state index >= 15 is 0 Å². The molecule has 8 nitrogen and oxygen atoms in total. The van der Waals surface area contributed by atoms with Gasteiger partial charge in [0, 0.05) is 30.0 Å². The van der Waals surface area contributed by atoms with Crippen molar-refractivity contribution in [3.05, 3.63) is 52.9 Å². The van der Waals surface area contributed by atoms with Crippen LogP contribution in [-0.4, -0.2) is 26.6 Å². The normalized spacial score (nSPS) is 17.2. The summed E-state index contributed by atoms with van der Waals surface area (Å²) in [6.45, 7) is 8.32. The minimum Gasteiger partial charge on any atom is -0.383 e. The Morgan fingerprint density at radius 2 is 1.91 bits per heavy atom. The van der Waals surface area contributed by atoms with Gasteiger partial charge < -0.3 is 16.0 Å². The van der Waals surface area contributed by atoms with Gasteiger partial charge in [0.25, 0.3) is 5.91 Å². The van der Waals surface area contributed by atoms with Crippen LogP contribution in [0.3, 0.4) is 0 Å². The van der Waals surface area contributed by atoms with Crippen molar-refractivity contribution in [2.75, 3.05) is 5.73 Å². The van der Waals surface area contributed by atoms with Gasteiger partial charge in [-0.2, -0.15) is 5.10 Å². The molecule has 1 unspecified atom stereocenters. The quantitative estimate of drug-likeness (QED) is 0.533. The van der Waals surface area contributed by atoms with Crippen molar-refractivity contribution < 1.29 is 14.1 Å². The Morgan fingerprint density at radius 3 is 2.45 bits per heavy atom. The Kier molecular flexibility index (Phi) is 5.86. The number of anilines is 1. The standard InChI is InChI=1S/C25H31N5O3/c1-14(2)30-23(26)21(24(27)32)22(28-30)16-7-5-15(6-8-16)11-17(31)12-18-13-20(29-33-18)19-9-10-25(19,3)4/h5-8,13-14,19H,9-12,26H2,1-4H3,(H2,27,32). The summed E-state index contributed by atoms with van der Waals surface area (Å²) < 4.78 is 7.02. The summed E-state index contributed by atoms with van der Waals surface area (Å²) in [4.78, 5) is 24.6. The van der Waals surface area contributed by atoms with Crippen LogP contribution in [0.4, 0.5) is 5.82 Å². The number of carbonyl (C=O) groups excluding carboxylic acids is 2. The lowest BCUT2D eigenvalue weighted by atomic mass is 9.61. The Hall–Kier alpha value is -3.42. The van der Waals surface area contributed by atoms with Crippen LogP contribution in [-0.2, 0) is 17.6 Å². The Morgan fingerprint density at radius 1 is 1.21 bits per heavy atom. The van der Waals surface area contributed by atoms with Crippen molar-refractivity contribution in [1.82, 2.24) is 14.9 Å². The van der Waals surface area contributed by atoms with Crippen LogP contribution in [0, 0.1) is 5.41 Å². The van der Waals surface area contributed by atoms with E-state index < -0.39 is 5.91 Å². The molecule has 2 aromatic heterocycles. The van der Waals surface area contributed by atoms with Crippen molar-refractivity contribution in [3.8, 4) is 11.3 Å². The third-order valence-corrected chi connectivity index (χ3v) is 6.64. The number of nitrogens with two attached hydrogens (primary N) is 2. The number of aromatic nitrogens is 3. The molecule has 4 N–H and O–H groups in total. The number of rotatable bonds is 8. The predicted octanol–water partition coefficient (Wildman–Crippen LogP) is 4.06. The van der Waals surface area contributed by atoms with Gasteiger partial charge in [-0.15, -0.1) is 0 Å². The SMILES string of the molecule is CC(C)n1nc(-c2ccc(CC(=O)Cc3cc(C4CCC4(C)C)no3)cc2)c(C(N)=O)c1N. The number of ketones is 1. The van der Waals surface area contributed by atoms with E-state index in [0.717, 1.165) is 17.7 Å². The number of hydrogen-bond acceptors (Lipinski definition) is 6. The van der Waals surface area contributed by atoms with Crippen molar-refractivity contribution in [2.45, 2.75) is 65.3 Å². The fourth-order valence-corrected chi connectivity index (χ4v) is 4.54. The highest BCUT2D eigenvalue weighted by Crippen LogP contribution is 2.51. The third-order valence-electron chi connectivity index (χ3n) is 6.64. The molecule has 8 heteroatoms. The maximum atomic E-state index is 12.6. The second-order valence-electron chi connectivity index (χ2n) is 9.90. The monoisotopic (exact) mass is 449 g/mol. The van der Waals surface area contributed by atoms with E-state index in [0.29, 0.717) is 22.9 Å². The van der Waals surface area contributed by atoms with Gasteiger partial charge in [-0.1, -0.05) is 43.3 Å². The lowest BCUT2D eigenvalue weighted by molar-refractivity contribution is -0.118. The molecule has 174 valence electrons. The first-order valence-electron chi connectivity index (χ1n) is 11.3. The van der Waals surface area contributed by atoms with Crippen LogP contribution in [0.15, 0.2) is 34.9 Å². The smallest absolute Gasteiger partial charge is 0.254 e. The molecule has 1 aromatic carbocycles. The molecule has 0 aliphatic heterocycles. The first kappa shape index (κ1) is 22.8. The number of nitrogens with zero attached hydrogens (tertiary/aromatic N) is 3. The first-order chi connectivity index (χ1) is 15.6. The van der Waals surface area contributed by atoms with Crippen LogP contribution >= 0.6 is 0 Å². The molecule has 0 bridgehead atoms. The second-order valence-corrected chi connectivity index (χ2v) is 9.90. The van der Waals surface area contributed by atoms with Gasteiger partial charge in [-0.25, -0.2) is 4.68 Å². The first-order valence-corrected chi connectivity index (χ1v) is 11.3. The summed E-state index contributed by atoms with van der Waals surface area (Å²) in [5, 5.41) is 8.69. The van der Waals surface area contributed by atoms with E-state index in [4.69, 9.17) is 16.0 Å².